The number of aromatic carboxylic acids is 1. The smallest absolute Gasteiger partial charge is 0.335 e. The SMILES string of the molecule is CC1(C)CCC(C)(C)c2cc3c(cc21)CCC(=O)N3Cc1ccc(C(=O)O)cc1. The van der Waals surface area contributed by atoms with Crippen LogP contribution in [0.4, 0.5) is 5.69 Å². The Morgan fingerprint density at radius 2 is 1.55 bits per heavy atom. The van der Waals surface area contributed by atoms with Crippen LogP contribution in [0, 0.1) is 0 Å². The summed E-state index contributed by atoms with van der Waals surface area (Å²) in [6.07, 6.45) is 3.61. The van der Waals surface area contributed by atoms with Gasteiger partial charge in [0.2, 0.25) is 5.91 Å². The lowest BCUT2D eigenvalue weighted by atomic mass is 9.62. The van der Waals surface area contributed by atoms with Crippen molar-refractivity contribution in [1.82, 2.24) is 0 Å². The van der Waals surface area contributed by atoms with Gasteiger partial charge in [0.15, 0.2) is 0 Å². The summed E-state index contributed by atoms with van der Waals surface area (Å²) in [6.45, 7) is 9.71. The number of aryl methyl sites for hydroxylation is 1. The Labute approximate surface area is 172 Å². The number of carboxylic acids is 1. The molecule has 1 N–H and O–H groups in total. The monoisotopic (exact) mass is 391 g/mol. The average molecular weight is 392 g/mol. The van der Waals surface area contributed by atoms with E-state index in [1.807, 2.05) is 4.90 Å². The van der Waals surface area contributed by atoms with Crippen molar-refractivity contribution in [2.75, 3.05) is 4.90 Å². The van der Waals surface area contributed by atoms with E-state index in [4.69, 9.17) is 5.11 Å². The molecule has 1 amide bonds. The van der Waals surface area contributed by atoms with Gasteiger partial charge < -0.3 is 10.0 Å². The Hall–Kier alpha value is -2.62. The number of anilines is 1. The molecule has 0 spiro atoms. The molecular weight excluding hydrogens is 362 g/mol. The van der Waals surface area contributed by atoms with Crippen LogP contribution in [0.5, 0.6) is 0 Å². The summed E-state index contributed by atoms with van der Waals surface area (Å²) in [5.41, 5.74) is 6.49. The maximum absolute atomic E-state index is 12.8. The lowest BCUT2D eigenvalue weighted by Crippen LogP contribution is -2.38. The minimum Gasteiger partial charge on any atom is -0.478 e. The molecule has 0 atom stereocenters. The average Bonchev–Trinajstić information content (AvgIpc) is 2.67. The Morgan fingerprint density at radius 1 is 0.966 bits per heavy atom. The number of carboxylic acid groups (broad SMARTS) is 1. The van der Waals surface area contributed by atoms with Crippen LogP contribution in [0.25, 0.3) is 0 Å². The number of rotatable bonds is 3. The number of fused-ring (bicyclic) bond motifs is 2. The van der Waals surface area contributed by atoms with Gasteiger partial charge in [-0.05, 0) is 70.5 Å². The van der Waals surface area contributed by atoms with E-state index in [-0.39, 0.29) is 22.3 Å². The molecule has 2 aromatic rings. The Kier molecular flexibility index (Phi) is 4.56. The molecule has 1 aliphatic carbocycles. The van der Waals surface area contributed by atoms with Gasteiger partial charge in [0, 0.05) is 12.1 Å². The summed E-state index contributed by atoms with van der Waals surface area (Å²) in [5.74, 6) is -0.806. The number of carbonyl (C=O) groups excluding carboxylic acids is 1. The van der Waals surface area contributed by atoms with Gasteiger partial charge in [-0.15, -0.1) is 0 Å². The molecule has 0 radical (unpaired) electrons. The third-order valence-electron chi connectivity index (χ3n) is 6.79. The number of hydrogen-bond acceptors (Lipinski definition) is 2. The minimum absolute atomic E-state index is 0.0924. The van der Waals surface area contributed by atoms with Crippen LogP contribution in [0.3, 0.4) is 0 Å². The van der Waals surface area contributed by atoms with Crippen LogP contribution in [0.2, 0.25) is 0 Å². The van der Waals surface area contributed by atoms with E-state index < -0.39 is 5.97 Å². The molecule has 0 fully saturated rings. The number of amides is 1. The highest BCUT2D eigenvalue weighted by atomic mass is 16.4. The number of carbonyl (C=O) groups is 2. The molecule has 2 aliphatic rings. The molecule has 1 heterocycles. The molecule has 0 unspecified atom stereocenters. The van der Waals surface area contributed by atoms with Crippen LogP contribution in [-0.2, 0) is 28.6 Å². The second kappa shape index (κ2) is 6.72. The normalized spacial score (nSPS) is 19.4. The van der Waals surface area contributed by atoms with Gasteiger partial charge in [-0.2, -0.15) is 0 Å². The molecule has 0 aromatic heterocycles. The van der Waals surface area contributed by atoms with Crippen molar-refractivity contribution in [1.29, 1.82) is 0 Å². The molecule has 4 nitrogen and oxygen atoms in total. The third kappa shape index (κ3) is 3.45. The second-order valence-corrected chi connectivity index (χ2v) is 9.78. The lowest BCUT2D eigenvalue weighted by Gasteiger charge is -2.43. The first-order chi connectivity index (χ1) is 13.6. The van der Waals surface area contributed by atoms with Crippen LogP contribution >= 0.6 is 0 Å². The zero-order valence-electron chi connectivity index (χ0n) is 17.7. The maximum Gasteiger partial charge on any atom is 0.335 e. The van der Waals surface area contributed by atoms with E-state index in [1.165, 1.54) is 23.1 Å². The van der Waals surface area contributed by atoms with Crippen molar-refractivity contribution in [3.05, 3.63) is 64.2 Å². The molecule has 1 aliphatic heterocycles. The zero-order chi connectivity index (χ0) is 21.0. The quantitative estimate of drug-likeness (QED) is 0.781. The third-order valence-corrected chi connectivity index (χ3v) is 6.79. The lowest BCUT2D eigenvalue weighted by molar-refractivity contribution is -0.119. The molecule has 29 heavy (non-hydrogen) atoms. The highest BCUT2D eigenvalue weighted by Crippen LogP contribution is 2.48. The van der Waals surface area contributed by atoms with E-state index >= 15 is 0 Å². The first kappa shape index (κ1) is 19.7. The van der Waals surface area contributed by atoms with Crippen molar-refractivity contribution < 1.29 is 14.7 Å². The molecule has 2 aromatic carbocycles. The maximum atomic E-state index is 12.8. The highest BCUT2D eigenvalue weighted by molar-refractivity contribution is 5.96. The molecule has 4 rings (SSSR count). The van der Waals surface area contributed by atoms with Crippen LogP contribution < -0.4 is 4.90 Å². The van der Waals surface area contributed by atoms with Gasteiger partial charge in [0.05, 0.1) is 12.1 Å². The Balaban J connectivity index is 1.75. The highest BCUT2D eigenvalue weighted by Gasteiger charge is 2.39. The van der Waals surface area contributed by atoms with Crippen LogP contribution in [-0.4, -0.2) is 17.0 Å². The van der Waals surface area contributed by atoms with Gasteiger partial charge in [-0.1, -0.05) is 45.9 Å². The van der Waals surface area contributed by atoms with E-state index in [0.29, 0.717) is 13.0 Å². The van der Waals surface area contributed by atoms with Gasteiger partial charge in [-0.3, -0.25) is 4.79 Å². The fourth-order valence-corrected chi connectivity index (χ4v) is 4.72. The standard InChI is InChI=1S/C25H29NO3/c1-24(2)11-12-25(3,4)20-14-21-18(13-19(20)24)9-10-22(27)26(21)15-16-5-7-17(8-6-16)23(28)29/h5-8,13-14H,9-12,15H2,1-4H3,(H,28,29). The molecular formula is C25H29NO3. The minimum atomic E-state index is -0.938. The van der Waals surface area contributed by atoms with Crippen LogP contribution in [0.15, 0.2) is 36.4 Å². The van der Waals surface area contributed by atoms with E-state index in [0.717, 1.165) is 24.1 Å². The van der Waals surface area contributed by atoms with Crippen molar-refractivity contribution in [2.24, 2.45) is 0 Å². The van der Waals surface area contributed by atoms with Crippen molar-refractivity contribution in [3.63, 3.8) is 0 Å². The number of benzene rings is 2. The summed E-state index contributed by atoms with van der Waals surface area (Å²) in [7, 11) is 0. The first-order valence-corrected chi connectivity index (χ1v) is 10.4. The predicted molar refractivity (Wildman–Crippen MR) is 115 cm³/mol. The summed E-state index contributed by atoms with van der Waals surface area (Å²) >= 11 is 0. The van der Waals surface area contributed by atoms with E-state index in [2.05, 4.69) is 39.8 Å². The van der Waals surface area contributed by atoms with Gasteiger partial charge in [-0.25, -0.2) is 4.79 Å². The molecule has 4 heteroatoms. The zero-order valence-corrected chi connectivity index (χ0v) is 17.7. The Morgan fingerprint density at radius 3 is 2.14 bits per heavy atom. The van der Waals surface area contributed by atoms with Gasteiger partial charge >= 0.3 is 5.97 Å². The van der Waals surface area contributed by atoms with Crippen molar-refractivity contribution in [2.45, 2.75) is 70.8 Å². The van der Waals surface area contributed by atoms with E-state index in [9.17, 15) is 9.59 Å². The predicted octanol–water partition coefficient (Wildman–Crippen LogP) is 5.21. The molecule has 0 saturated heterocycles. The fraction of sp³-hybridized carbons (Fsp3) is 0.440. The first-order valence-electron chi connectivity index (χ1n) is 10.4. The molecule has 0 bridgehead atoms. The largest absolute Gasteiger partial charge is 0.478 e. The van der Waals surface area contributed by atoms with Gasteiger partial charge in [0.25, 0.3) is 0 Å². The van der Waals surface area contributed by atoms with Crippen molar-refractivity contribution in [3.8, 4) is 0 Å². The summed E-state index contributed by atoms with van der Waals surface area (Å²) in [4.78, 5) is 25.8. The Bertz CT molecular complexity index is 986. The topological polar surface area (TPSA) is 57.6 Å². The van der Waals surface area contributed by atoms with Gasteiger partial charge in [0.1, 0.15) is 0 Å². The number of hydrogen-bond donors (Lipinski definition) is 1. The van der Waals surface area contributed by atoms with E-state index in [1.54, 1.807) is 24.3 Å². The second-order valence-electron chi connectivity index (χ2n) is 9.78. The number of nitrogens with zero attached hydrogens (tertiary/aromatic N) is 1. The molecule has 0 saturated carbocycles. The summed E-state index contributed by atoms with van der Waals surface area (Å²) in [5, 5.41) is 9.11. The molecule has 152 valence electrons. The summed E-state index contributed by atoms with van der Waals surface area (Å²) < 4.78 is 0. The fourth-order valence-electron chi connectivity index (χ4n) is 4.72. The summed E-state index contributed by atoms with van der Waals surface area (Å²) in [6, 6.07) is 11.4. The van der Waals surface area contributed by atoms with Crippen molar-refractivity contribution >= 4 is 17.6 Å². The van der Waals surface area contributed by atoms with Crippen LogP contribution in [0.1, 0.15) is 79.6 Å².